The Kier molecular flexibility index (Phi) is 3.42. The van der Waals surface area contributed by atoms with Crippen LogP contribution < -0.4 is 5.14 Å². The standard InChI is InChI=1S/C13H16N4O3S/c14-21(19,20)10-6-13(18)17(8-10)5-4-9-2-1-3-12-11(9)7-15-16-12/h1-3,7,10H,4-6,8H2,(H,15,16)(H2,14,19,20). The van der Waals surface area contributed by atoms with Crippen molar-refractivity contribution in [2.45, 2.75) is 18.1 Å². The first-order valence-corrected chi connectivity index (χ1v) is 8.26. The average molecular weight is 308 g/mol. The number of rotatable bonds is 4. The number of sulfonamides is 1. The summed E-state index contributed by atoms with van der Waals surface area (Å²) in [7, 11) is -3.65. The Bertz CT molecular complexity index is 784. The highest BCUT2D eigenvalue weighted by Crippen LogP contribution is 2.20. The predicted octanol–water partition coefficient (Wildman–Crippen LogP) is -0.00520. The van der Waals surface area contributed by atoms with Crippen LogP contribution in [0.1, 0.15) is 12.0 Å². The number of likely N-dealkylation sites (tertiary alicyclic amines) is 1. The fourth-order valence-electron chi connectivity index (χ4n) is 2.67. The molecular formula is C13H16N4O3S. The summed E-state index contributed by atoms with van der Waals surface area (Å²) in [5, 5.41) is 12.2. The molecule has 0 bridgehead atoms. The molecule has 1 aliphatic heterocycles. The van der Waals surface area contributed by atoms with Gasteiger partial charge in [0.15, 0.2) is 0 Å². The number of carbonyl (C=O) groups excluding carboxylic acids is 1. The summed E-state index contributed by atoms with van der Waals surface area (Å²) < 4.78 is 22.7. The highest BCUT2D eigenvalue weighted by molar-refractivity contribution is 7.89. The van der Waals surface area contributed by atoms with Crippen molar-refractivity contribution in [2.24, 2.45) is 5.14 Å². The maximum absolute atomic E-state index is 11.9. The van der Waals surface area contributed by atoms with E-state index >= 15 is 0 Å². The monoisotopic (exact) mass is 308 g/mol. The second-order valence-corrected chi connectivity index (χ2v) is 7.10. The van der Waals surface area contributed by atoms with E-state index in [-0.39, 0.29) is 18.9 Å². The van der Waals surface area contributed by atoms with Crippen molar-refractivity contribution in [2.75, 3.05) is 13.1 Å². The normalized spacial score (nSPS) is 19.6. The van der Waals surface area contributed by atoms with Crippen molar-refractivity contribution in [3.63, 3.8) is 0 Å². The first-order chi connectivity index (χ1) is 9.95. The van der Waals surface area contributed by atoms with Crippen molar-refractivity contribution in [1.82, 2.24) is 15.1 Å². The van der Waals surface area contributed by atoms with Crippen LogP contribution in [0.15, 0.2) is 24.4 Å². The number of nitrogens with two attached hydrogens (primary N) is 1. The third-order valence-corrected chi connectivity index (χ3v) is 5.11. The Morgan fingerprint density at radius 2 is 2.24 bits per heavy atom. The summed E-state index contributed by atoms with van der Waals surface area (Å²) in [6.45, 7) is 0.661. The summed E-state index contributed by atoms with van der Waals surface area (Å²) in [5.74, 6) is -0.159. The average Bonchev–Trinajstić information content (AvgIpc) is 3.02. The van der Waals surface area contributed by atoms with Crippen LogP contribution >= 0.6 is 0 Å². The Morgan fingerprint density at radius 3 is 2.95 bits per heavy atom. The van der Waals surface area contributed by atoms with Crippen molar-refractivity contribution >= 4 is 26.8 Å². The van der Waals surface area contributed by atoms with Crippen molar-refractivity contribution in [1.29, 1.82) is 0 Å². The number of nitrogens with one attached hydrogen (secondary N) is 1. The summed E-state index contributed by atoms with van der Waals surface area (Å²) in [5.41, 5.74) is 2.02. The van der Waals surface area contributed by atoms with Gasteiger partial charge in [-0.1, -0.05) is 12.1 Å². The highest BCUT2D eigenvalue weighted by Gasteiger charge is 2.36. The largest absolute Gasteiger partial charge is 0.341 e. The van der Waals surface area contributed by atoms with E-state index in [0.717, 1.165) is 16.5 Å². The predicted molar refractivity (Wildman–Crippen MR) is 77.9 cm³/mol. The Labute approximate surface area is 122 Å². The number of aromatic amines is 1. The number of carbonyl (C=O) groups is 1. The Balaban J connectivity index is 1.71. The molecule has 1 aromatic carbocycles. The zero-order valence-corrected chi connectivity index (χ0v) is 12.1. The number of H-pyrrole nitrogens is 1. The van der Waals surface area contributed by atoms with E-state index in [2.05, 4.69) is 10.2 Å². The van der Waals surface area contributed by atoms with E-state index in [1.165, 1.54) is 0 Å². The lowest BCUT2D eigenvalue weighted by Crippen LogP contribution is -2.33. The first-order valence-electron chi connectivity index (χ1n) is 6.65. The molecule has 112 valence electrons. The minimum atomic E-state index is -3.65. The Morgan fingerprint density at radius 1 is 1.43 bits per heavy atom. The van der Waals surface area contributed by atoms with E-state index in [0.29, 0.717) is 13.0 Å². The number of hydrogen-bond donors (Lipinski definition) is 2. The fourth-order valence-corrected chi connectivity index (χ4v) is 3.44. The van der Waals surface area contributed by atoms with Gasteiger partial charge in [-0.05, 0) is 18.1 Å². The van der Waals surface area contributed by atoms with Crippen LogP contribution in [0.2, 0.25) is 0 Å². The van der Waals surface area contributed by atoms with Gasteiger partial charge in [-0.15, -0.1) is 0 Å². The second kappa shape index (κ2) is 5.12. The van der Waals surface area contributed by atoms with E-state index in [1.54, 1.807) is 11.1 Å². The Hall–Kier alpha value is -1.93. The van der Waals surface area contributed by atoms with Crippen LogP contribution in [0.3, 0.4) is 0 Å². The molecular weight excluding hydrogens is 292 g/mol. The second-order valence-electron chi connectivity index (χ2n) is 5.25. The first kappa shape index (κ1) is 14.0. The minimum absolute atomic E-state index is 0.0191. The topological polar surface area (TPSA) is 109 Å². The van der Waals surface area contributed by atoms with Gasteiger partial charge in [0.25, 0.3) is 0 Å². The van der Waals surface area contributed by atoms with E-state index < -0.39 is 15.3 Å². The van der Waals surface area contributed by atoms with Crippen LogP contribution in [0, 0.1) is 0 Å². The van der Waals surface area contributed by atoms with Gasteiger partial charge in [0.2, 0.25) is 15.9 Å². The van der Waals surface area contributed by atoms with Crippen LogP contribution in [0.25, 0.3) is 10.9 Å². The molecule has 1 saturated heterocycles. The zero-order valence-electron chi connectivity index (χ0n) is 11.3. The molecule has 0 saturated carbocycles. The van der Waals surface area contributed by atoms with Gasteiger partial charge >= 0.3 is 0 Å². The molecule has 1 aromatic heterocycles. The molecule has 1 unspecified atom stereocenters. The van der Waals surface area contributed by atoms with Gasteiger partial charge < -0.3 is 4.90 Å². The van der Waals surface area contributed by atoms with Gasteiger partial charge in [-0.25, -0.2) is 13.6 Å². The molecule has 8 heteroatoms. The number of aromatic nitrogens is 2. The van der Waals surface area contributed by atoms with Crippen molar-refractivity contribution < 1.29 is 13.2 Å². The van der Waals surface area contributed by atoms with Crippen LogP contribution in [-0.4, -0.2) is 47.8 Å². The lowest BCUT2D eigenvalue weighted by molar-refractivity contribution is -0.127. The maximum Gasteiger partial charge on any atom is 0.224 e. The summed E-state index contributed by atoms with van der Waals surface area (Å²) in [4.78, 5) is 13.4. The summed E-state index contributed by atoms with van der Waals surface area (Å²) in [6, 6.07) is 5.84. The number of nitrogens with zero attached hydrogens (tertiary/aromatic N) is 2. The van der Waals surface area contributed by atoms with E-state index in [1.807, 2.05) is 18.2 Å². The lowest BCUT2D eigenvalue weighted by atomic mass is 10.1. The molecule has 0 radical (unpaired) electrons. The van der Waals surface area contributed by atoms with Gasteiger partial charge in [0.1, 0.15) is 5.25 Å². The molecule has 2 heterocycles. The third-order valence-electron chi connectivity index (χ3n) is 3.87. The molecule has 7 nitrogen and oxygen atoms in total. The number of fused-ring (bicyclic) bond motifs is 1. The van der Waals surface area contributed by atoms with Crippen molar-refractivity contribution in [3.8, 4) is 0 Å². The van der Waals surface area contributed by atoms with Crippen molar-refractivity contribution in [3.05, 3.63) is 30.0 Å². The molecule has 3 N–H and O–H groups in total. The van der Waals surface area contributed by atoms with Gasteiger partial charge in [-0.3, -0.25) is 9.89 Å². The molecule has 1 fully saturated rings. The van der Waals surface area contributed by atoms with E-state index in [4.69, 9.17) is 5.14 Å². The molecule has 21 heavy (non-hydrogen) atoms. The van der Waals surface area contributed by atoms with Gasteiger partial charge in [-0.2, -0.15) is 5.10 Å². The molecule has 0 aliphatic carbocycles. The van der Waals surface area contributed by atoms with Crippen LogP contribution in [-0.2, 0) is 21.2 Å². The molecule has 1 atom stereocenters. The smallest absolute Gasteiger partial charge is 0.224 e. The minimum Gasteiger partial charge on any atom is -0.341 e. The summed E-state index contributed by atoms with van der Waals surface area (Å²) in [6.07, 6.45) is 2.39. The maximum atomic E-state index is 11.9. The van der Waals surface area contributed by atoms with Crippen LogP contribution in [0.5, 0.6) is 0 Å². The number of hydrogen-bond acceptors (Lipinski definition) is 4. The van der Waals surface area contributed by atoms with Gasteiger partial charge in [0, 0.05) is 24.9 Å². The molecule has 1 aliphatic rings. The van der Waals surface area contributed by atoms with Gasteiger partial charge in [0.05, 0.1) is 11.7 Å². The third kappa shape index (κ3) is 2.77. The lowest BCUT2D eigenvalue weighted by Gasteiger charge is -2.16. The number of benzene rings is 1. The number of amides is 1. The molecule has 1 amide bonds. The molecule has 3 rings (SSSR count). The summed E-state index contributed by atoms with van der Waals surface area (Å²) >= 11 is 0. The quantitative estimate of drug-likeness (QED) is 0.828. The number of primary sulfonamides is 1. The SMILES string of the molecule is NS(=O)(=O)C1CC(=O)N(CCc2cccc3[nH]ncc23)C1. The molecule has 0 spiro atoms. The fraction of sp³-hybridized carbons (Fsp3) is 0.385. The highest BCUT2D eigenvalue weighted by atomic mass is 32.2. The zero-order chi connectivity index (χ0) is 15.0. The van der Waals surface area contributed by atoms with E-state index in [9.17, 15) is 13.2 Å². The molecule has 2 aromatic rings. The van der Waals surface area contributed by atoms with Crippen LogP contribution in [0.4, 0.5) is 0 Å².